The standard InChI is InChI=1S/C14H23ClN2O/c1-4-14(10-16,11-18-3)17(2)9-12-5-7-13(15)8-6-12/h5-8H,4,9-11,16H2,1-3H3. The second kappa shape index (κ2) is 7.10. The fourth-order valence-electron chi connectivity index (χ4n) is 2.14. The minimum Gasteiger partial charge on any atom is -0.383 e. The largest absolute Gasteiger partial charge is 0.383 e. The zero-order chi connectivity index (χ0) is 13.6. The highest BCUT2D eigenvalue weighted by Crippen LogP contribution is 2.21. The second-order valence-electron chi connectivity index (χ2n) is 4.70. The molecule has 0 amide bonds. The Labute approximate surface area is 115 Å². The summed E-state index contributed by atoms with van der Waals surface area (Å²) in [7, 11) is 3.81. The van der Waals surface area contributed by atoms with Gasteiger partial charge in [0.2, 0.25) is 0 Å². The quantitative estimate of drug-likeness (QED) is 0.827. The van der Waals surface area contributed by atoms with Crippen LogP contribution in [-0.2, 0) is 11.3 Å². The van der Waals surface area contributed by atoms with Gasteiger partial charge in [0.15, 0.2) is 0 Å². The molecule has 0 radical (unpaired) electrons. The van der Waals surface area contributed by atoms with Gasteiger partial charge in [0, 0.05) is 25.2 Å². The summed E-state index contributed by atoms with van der Waals surface area (Å²) in [6, 6.07) is 7.92. The van der Waals surface area contributed by atoms with Crippen molar-refractivity contribution in [2.24, 2.45) is 5.73 Å². The number of hydrogen-bond donors (Lipinski definition) is 1. The topological polar surface area (TPSA) is 38.5 Å². The first-order chi connectivity index (χ1) is 8.57. The number of benzene rings is 1. The molecule has 1 rings (SSSR count). The Kier molecular flexibility index (Phi) is 6.09. The first-order valence-corrected chi connectivity index (χ1v) is 6.60. The Bertz CT molecular complexity index is 349. The van der Waals surface area contributed by atoms with E-state index in [1.54, 1.807) is 7.11 Å². The molecule has 0 spiro atoms. The van der Waals surface area contributed by atoms with Crippen molar-refractivity contribution in [2.75, 3.05) is 27.3 Å². The van der Waals surface area contributed by atoms with Gasteiger partial charge in [0.25, 0.3) is 0 Å². The first kappa shape index (κ1) is 15.4. The van der Waals surface area contributed by atoms with Crippen LogP contribution in [0.5, 0.6) is 0 Å². The van der Waals surface area contributed by atoms with Crippen molar-refractivity contribution in [3.63, 3.8) is 0 Å². The Balaban J connectivity index is 2.77. The maximum absolute atomic E-state index is 5.94. The van der Waals surface area contributed by atoms with Crippen molar-refractivity contribution in [3.05, 3.63) is 34.9 Å². The molecule has 1 unspecified atom stereocenters. The number of nitrogens with zero attached hydrogens (tertiary/aromatic N) is 1. The van der Waals surface area contributed by atoms with E-state index in [-0.39, 0.29) is 5.54 Å². The van der Waals surface area contributed by atoms with Crippen molar-refractivity contribution in [1.29, 1.82) is 0 Å². The predicted octanol–water partition coefficient (Wildman–Crippen LogP) is 2.53. The lowest BCUT2D eigenvalue weighted by atomic mass is 9.94. The van der Waals surface area contributed by atoms with Gasteiger partial charge in [-0.2, -0.15) is 0 Å². The van der Waals surface area contributed by atoms with Crippen LogP contribution in [0.1, 0.15) is 18.9 Å². The van der Waals surface area contributed by atoms with Crippen LogP contribution in [0.2, 0.25) is 5.02 Å². The molecule has 2 N–H and O–H groups in total. The third-order valence-electron chi connectivity index (χ3n) is 3.59. The number of rotatable bonds is 7. The van der Waals surface area contributed by atoms with Crippen molar-refractivity contribution in [2.45, 2.75) is 25.4 Å². The maximum Gasteiger partial charge on any atom is 0.0658 e. The van der Waals surface area contributed by atoms with Gasteiger partial charge in [-0.15, -0.1) is 0 Å². The summed E-state index contributed by atoms with van der Waals surface area (Å²) in [5, 5.41) is 0.763. The van der Waals surface area contributed by atoms with Crippen LogP contribution in [0.25, 0.3) is 0 Å². The Hall–Kier alpha value is -0.610. The van der Waals surface area contributed by atoms with Crippen LogP contribution in [-0.4, -0.2) is 37.7 Å². The number of nitrogens with two attached hydrogens (primary N) is 1. The fraction of sp³-hybridized carbons (Fsp3) is 0.571. The van der Waals surface area contributed by atoms with Crippen LogP contribution in [0.3, 0.4) is 0 Å². The van der Waals surface area contributed by atoms with Gasteiger partial charge in [0.1, 0.15) is 0 Å². The van der Waals surface area contributed by atoms with Gasteiger partial charge in [-0.3, -0.25) is 4.90 Å². The summed E-state index contributed by atoms with van der Waals surface area (Å²) in [5.41, 5.74) is 7.06. The van der Waals surface area contributed by atoms with E-state index in [9.17, 15) is 0 Å². The van der Waals surface area contributed by atoms with E-state index in [4.69, 9.17) is 22.1 Å². The van der Waals surface area contributed by atoms with E-state index in [0.29, 0.717) is 13.2 Å². The number of halogens is 1. The van der Waals surface area contributed by atoms with E-state index in [1.807, 2.05) is 24.3 Å². The lowest BCUT2D eigenvalue weighted by molar-refractivity contribution is 0.0234. The highest BCUT2D eigenvalue weighted by Gasteiger charge is 2.31. The monoisotopic (exact) mass is 270 g/mol. The summed E-state index contributed by atoms with van der Waals surface area (Å²) in [5.74, 6) is 0. The van der Waals surface area contributed by atoms with Gasteiger partial charge in [-0.05, 0) is 31.2 Å². The van der Waals surface area contributed by atoms with Crippen LogP contribution in [0.15, 0.2) is 24.3 Å². The highest BCUT2D eigenvalue weighted by atomic mass is 35.5. The number of likely N-dealkylation sites (N-methyl/N-ethyl adjacent to an activating group) is 1. The van der Waals surface area contributed by atoms with Gasteiger partial charge >= 0.3 is 0 Å². The second-order valence-corrected chi connectivity index (χ2v) is 5.13. The van der Waals surface area contributed by atoms with E-state index < -0.39 is 0 Å². The van der Waals surface area contributed by atoms with Crippen LogP contribution < -0.4 is 5.73 Å². The van der Waals surface area contributed by atoms with Gasteiger partial charge in [0.05, 0.1) is 12.1 Å². The summed E-state index contributed by atoms with van der Waals surface area (Å²) in [4.78, 5) is 2.26. The van der Waals surface area contributed by atoms with Crippen LogP contribution in [0.4, 0.5) is 0 Å². The van der Waals surface area contributed by atoms with Crippen molar-refractivity contribution < 1.29 is 4.74 Å². The third-order valence-corrected chi connectivity index (χ3v) is 3.85. The molecule has 0 bridgehead atoms. The smallest absolute Gasteiger partial charge is 0.0658 e. The summed E-state index contributed by atoms with van der Waals surface area (Å²) in [6.07, 6.45) is 0.960. The molecule has 0 fully saturated rings. The molecular formula is C14H23ClN2O. The lowest BCUT2D eigenvalue weighted by Crippen LogP contribution is -2.54. The minimum atomic E-state index is -0.103. The molecule has 0 aliphatic carbocycles. The third kappa shape index (κ3) is 3.69. The molecule has 3 nitrogen and oxygen atoms in total. The van der Waals surface area contributed by atoms with E-state index in [0.717, 1.165) is 18.0 Å². The first-order valence-electron chi connectivity index (χ1n) is 6.22. The number of ether oxygens (including phenoxy) is 1. The minimum absolute atomic E-state index is 0.103. The molecule has 18 heavy (non-hydrogen) atoms. The van der Waals surface area contributed by atoms with Gasteiger partial charge in [-0.1, -0.05) is 30.7 Å². The van der Waals surface area contributed by atoms with Crippen LogP contribution in [0, 0.1) is 0 Å². The number of methoxy groups -OCH3 is 1. The Morgan fingerprint density at radius 3 is 2.39 bits per heavy atom. The Morgan fingerprint density at radius 1 is 1.33 bits per heavy atom. The molecule has 0 saturated heterocycles. The van der Waals surface area contributed by atoms with Gasteiger partial charge < -0.3 is 10.5 Å². The fourth-order valence-corrected chi connectivity index (χ4v) is 2.27. The maximum atomic E-state index is 5.94. The average molecular weight is 271 g/mol. The molecule has 0 aliphatic rings. The molecule has 0 saturated carbocycles. The molecule has 1 aromatic rings. The van der Waals surface area contributed by atoms with Gasteiger partial charge in [-0.25, -0.2) is 0 Å². The highest BCUT2D eigenvalue weighted by molar-refractivity contribution is 6.30. The van der Waals surface area contributed by atoms with E-state index in [2.05, 4.69) is 18.9 Å². The SMILES string of the molecule is CCC(CN)(COC)N(C)Cc1ccc(Cl)cc1. The summed E-state index contributed by atoms with van der Waals surface area (Å²) < 4.78 is 5.32. The molecule has 0 heterocycles. The molecule has 1 atom stereocenters. The molecule has 4 heteroatoms. The predicted molar refractivity (Wildman–Crippen MR) is 76.9 cm³/mol. The zero-order valence-electron chi connectivity index (χ0n) is 11.4. The summed E-state index contributed by atoms with van der Waals surface area (Å²) in [6.45, 7) is 4.21. The van der Waals surface area contributed by atoms with Crippen molar-refractivity contribution in [1.82, 2.24) is 4.90 Å². The molecule has 0 aromatic heterocycles. The zero-order valence-corrected chi connectivity index (χ0v) is 12.2. The number of hydrogen-bond acceptors (Lipinski definition) is 3. The van der Waals surface area contributed by atoms with E-state index >= 15 is 0 Å². The van der Waals surface area contributed by atoms with Crippen molar-refractivity contribution >= 4 is 11.6 Å². The molecular weight excluding hydrogens is 248 g/mol. The van der Waals surface area contributed by atoms with Crippen LogP contribution >= 0.6 is 11.6 Å². The normalized spacial score (nSPS) is 14.8. The average Bonchev–Trinajstić information content (AvgIpc) is 2.38. The Morgan fingerprint density at radius 2 is 1.94 bits per heavy atom. The molecule has 0 aliphatic heterocycles. The molecule has 1 aromatic carbocycles. The lowest BCUT2D eigenvalue weighted by Gasteiger charge is -2.40. The van der Waals surface area contributed by atoms with E-state index in [1.165, 1.54) is 5.56 Å². The molecule has 102 valence electrons. The van der Waals surface area contributed by atoms with Crippen molar-refractivity contribution in [3.8, 4) is 0 Å². The summed E-state index contributed by atoms with van der Waals surface area (Å²) >= 11 is 5.89.